The van der Waals surface area contributed by atoms with Gasteiger partial charge in [0.1, 0.15) is 5.75 Å². The van der Waals surface area contributed by atoms with E-state index in [1.54, 1.807) is 0 Å². The molecular weight excluding hydrogens is 275 g/mol. The van der Waals surface area contributed by atoms with Crippen molar-refractivity contribution < 1.29 is 4.74 Å². The van der Waals surface area contributed by atoms with Crippen LogP contribution in [0.2, 0.25) is 10.4 Å². The number of rotatable bonds is 4. The smallest absolute Gasteiger partial charge is 0.245 e. The largest absolute Gasteiger partial charge is 0.492 e. The Kier molecular flexibility index (Phi) is 4.17. The number of hydrogen-bond acceptors (Lipinski definition) is 5. The van der Waals surface area contributed by atoms with E-state index in [1.165, 1.54) is 0 Å². The van der Waals surface area contributed by atoms with E-state index in [-0.39, 0.29) is 10.4 Å². The van der Waals surface area contributed by atoms with Crippen LogP contribution in [0, 0.1) is 0 Å². The number of ether oxygens (including phenoxy) is 1. The Hall–Kier alpha value is -1.59. The molecule has 0 aliphatic heterocycles. The topological polar surface area (TPSA) is 59.9 Å². The van der Waals surface area contributed by atoms with Crippen LogP contribution in [0.3, 0.4) is 0 Å². The van der Waals surface area contributed by atoms with Crippen molar-refractivity contribution in [2.24, 2.45) is 0 Å². The second-order valence-corrected chi connectivity index (χ2v) is 3.97. The van der Waals surface area contributed by atoms with Crippen LogP contribution < -0.4 is 10.1 Å². The van der Waals surface area contributed by atoms with Crippen molar-refractivity contribution in [3.8, 4) is 5.75 Å². The van der Waals surface area contributed by atoms with Crippen molar-refractivity contribution in [3.63, 3.8) is 0 Å². The monoisotopic (exact) mass is 284 g/mol. The third kappa shape index (κ3) is 3.00. The molecule has 0 amide bonds. The van der Waals surface area contributed by atoms with Gasteiger partial charge in [-0.3, -0.25) is 0 Å². The van der Waals surface area contributed by atoms with Crippen molar-refractivity contribution in [2.45, 2.75) is 6.92 Å². The first-order valence-corrected chi connectivity index (χ1v) is 6.01. The Morgan fingerprint density at radius 2 is 2.00 bits per heavy atom. The molecule has 1 heterocycles. The Labute approximate surface area is 114 Å². The molecule has 0 aliphatic carbocycles. The van der Waals surface area contributed by atoms with Crippen LogP contribution in [0.15, 0.2) is 24.3 Å². The summed E-state index contributed by atoms with van der Waals surface area (Å²) in [6, 6.07) is 7.44. The SMILES string of the molecule is CCOc1ccccc1Nc1nc(Cl)nnc1Cl. The number of benzene rings is 1. The van der Waals surface area contributed by atoms with E-state index in [1.807, 2.05) is 31.2 Å². The molecule has 5 nitrogen and oxygen atoms in total. The predicted octanol–water partition coefficient (Wildman–Crippen LogP) is 3.32. The summed E-state index contributed by atoms with van der Waals surface area (Å²) < 4.78 is 5.48. The van der Waals surface area contributed by atoms with Gasteiger partial charge in [-0.25, -0.2) is 0 Å². The number of nitrogens with zero attached hydrogens (tertiary/aromatic N) is 3. The van der Waals surface area contributed by atoms with Crippen molar-refractivity contribution in [1.82, 2.24) is 15.2 Å². The zero-order valence-corrected chi connectivity index (χ0v) is 11.0. The fourth-order valence-electron chi connectivity index (χ4n) is 1.35. The molecule has 94 valence electrons. The van der Waals surface area contributed by atoms with Crippen molar-refractivity contribution in [3.05, 3.63) is 34.7 Å². The lowest BCUT2D eigenvalue weighted by Gasteiger charge is -2.11. The standard InChI is InChI=1S/C11H10Cl2N4O/c1-2-18-8-6-4-3-5-7(8)14-10-9(12)16-17-11(13)15-10/h3-6H,2H2,1H3,(H,14,15,17). The summed E-state index contributed by atoms with van der Waals surface area (Å²) >= 11 is 11.5. The van der Waals surface area contributed by atoms with Gasteiger partial charge in [-0.2, -0.15) is 4.98 Å². The maximum absolute atomic E-state index is 5.88. The second kappa shape index (κ2) is 5.84. The summed E-state index contributed by atoms with van der Waals surface area (Å²) in [6.07, 6.45) is 0. The van der Waals surface area contributed by atoms with Crippen molar-refractivity contribution >= 4 is 34.7 Å². The summed E-state index contributed by atoms with van der Waals surface area (Å²) in [5.74, 6) is 1.04. The molecule has 7 heteroatoms. The lowest BCUT2D eigenvalue weighted by atomic mass is 10.3. The van der Waals surface area contributed by atoms with Crippen LogP contribution in [0.4, 0.5) is 11.5 Å². The zero-order chi connectivity index (χ0) is 13.0. The summed E-state index contributed by atoms with van der Waals surface area (Å²) in [5, 5.41) is 10.4. The Morgan fingerprint density at radius 3 is 2.78 bits per heavy atom. The van der Waals surface area contributed by atoms with Gasteiger partial charge in [0.25, 0.3) is 0 Å². The molecule has 0 bridgehead atoms. The first-order valence-electron chi connectivity index (χ1n) is 5.25. The molecule has 0 saturated carbocycles. The number of hydrogen-bond donors (Lipinski definition) is 1. The Bertz CT molecular complexity index is 550. The molecule has 1 aromatic heterocycles. The molecule has 2 rings (SSSR count). The second-order valence-electron chi connectivity index (χ2n) is 3.27. The van der Waals surface area contributed by atoms with Gasteiger partial charge >= 0.3 is 0 Å². The average Bonchev–Trinajstić information content (AvgIpc) is 2.36. The van der Waals surface area contributed by atoms with Gasteiger partial charge in [-0.05, 0) is 30.7 Å². The quantitative estimate of drug-likeness (QED) is 0.933. The molecule has 0 unspecified atom stereocenters. The van der Waals surface area contributed by atoms with Crippen LogP contribution >= 0.6 is 23.2 Å². The van der Waals surface area contributed by atoms with Gasteiger partial charge in [-0.15, -0.1) is 10.2 Å². The van der Waals surface area contributed by atoms with Crippen LogP contribution in [0.5, 0.6) is 5.75 Å². The number of halogens is 2. The highest BCUT2D eigenvalue weighted by Crippen LogP contribution is 2.29. The lowest BCUT2D eigenvalue weighted by molar-refractivity contribution is 0.342. The molecule has 18 heavy (non-hydrogen) atoms. The van der Waals surface area contributed by atoms with Gasteiger partial charge in [0.2, 0.25) is 5.28 Å². The zero-order valence-electron chi connectivity index (χ0n) is 9.52. The minimum atomic E-state index is 0.0239. The van der Waals surface area contributed by atoms with E-state index in [9.17, 15) is 0 Å². The van der Waals surface area contributed by atoms with Crippen molar-refractivity contribution in [2.75, 3.05) is 11.9 Å². The Morgan fingerprint density at radius 1 is 1.22 bits per heavy atom. The molecule has 0 aliphatic rings. The van der Waals surface area contributed by atoms with Crippen molar-refractivity contribution in [1.29, 1.82) is 0 Å². The van der Waals surface area contributed by atoms with Gasteiger partial charge in [-0.1, -0.05) is 23.7 Å². The summed E-state index contributed by atoms with van der Waals surface area (Å²) in [7, 11) is 0. The van der Waals surface area contributed by atoms with Crippen LogP contribution in [-0.2, 0) is 0 Å². The van der Waals surface area contributed by atoms with Gasteiger partial charge in [0.05, 0.1) is 12.3 Å². The summed E-state index contributed by atoms with van der Waals surface area (Å²) in [6.45, 7) is 2.47. The maximum atomic E-state index is 5.88. The van der Waals surface area contributed by atoms with E-state index in [0.717, 1.165) is 5.69 Å². The summed E-state index contributed by atoms with van der Waals surface area (Å²) in [5.41, 5.74) is 0.734. The maximum Gasteiger partial charge on any atom is 0.245 e. The molecule has 1 N–H and O–H groups in total. The molecule has 0 atom stereocenters. The Balaban J connectivity index is 2.30. The van der Waals surface area contributed by atoms with Gasteiger partial charge < -0.3 is 10.1 Å². The van der Waals surface area contributed by atoms with Crippen LogP contribution in [0.1, 0.15) is 6.92 Å². The number of nitrogens with one attached hydrogen (secondary N) is 1. The third-order valence-electron chi connectivity index (χ3n) is 2.06. The fourth-order valence-corrected chi connectivity index (χ4v) is 1.60. The first kappa shape index (κ1) is 12.9. The predicted molar refractivity (Wildman–Crippen MR) is 70.7 cm³/mol. The highest BCUT2D eigenvalue weighted by molar-refractivity contribution is 6.32. The molecule has 0 fully saturated rings. The third-order valence-corrected chi connectivity index (χ3v) is 2.47. The first-order chi connectivity index (χ1) is 8.70. The van der Waals surface area contributed by atoms with Crippen LogP contribution in [0.25, 0.3) is 0 Å². The molecule has 0 radical (unpaired) electrons. The molecule has 2 aromatic rings. The van der Waals surface area contributed by atoms with E-state index >= 15 is 0 Å². The highest BCUT2D eigenvalue weighted by Gasteiger charge is 2.09. The molecule has 0 spiro atoms. The van der Waals surface area contributed by atoms with E-state index in [2.05, 4.69) is 20.5 Å². The van der Waals surface area contributed by atoms with E-state index in [4.69, 9.17) is 27.9 Å². The summed E-state index contributed by atoms with van der Waals surface area (Å²) in [4.78, 5) is 3.96. The van der Waals surface area contributed by atoms with E-state index in [0.29, 0.717) is 18.2 Å². The minimum absolute atomic E-state index is 0.0239. The highest BCUT2D eigenvalue weighted by atomic mass is 35.5. The van der Waals surface area contributed by atoms with Crippen LogP contribution in [-0.4, -0.2) is 21.8 Å². The molecule has 1 aromatic carbocycles. The number of aromatic nitrogens is 3. The van der Waals surface area contributed by atoms with E-state index < -0.39 is 0 Å². The number of para-hydroxylation sites is 2. The molecule has 0 saturated heterocycles. The lowest BCUT2D eigenvalue weighted by Crippen LogP contribution is -2.01. The fraction of sp³-hybridized carbons (Fsp3) is 0.182. The van der Waals surface area contributed by atoms with Gasteiger partial charge in [0, 0.05) is 0 Å². The molecular formula is C11H10Cl2N4O. The number of anilines is 2. The average molecular weight is 285 g/mol. The van der Waals surface area contributed by atoms with Gasteiger partial charge in [0.15, 0.2) is 11.0 Å². The minimum Gasteiger partial charge on any atom is -0.492 e. The normalized spacial score (nSPS) is 10.2.